The van der Waals surface area contributed by atoms with Crippen LogP contribution < -0.4 is 5.32 Å². The van der Waals surface area contributed by atoms with Gasteiger partial charge in [0.05, 0.1) is 23.3 Å². The number of nitrogens with one attached hydrogen (secondary N) is 1. The Morgan fingerprint density at radius 3 is 2.63 bits per heavy atom. The summed E-state index contributed by atoms with van der Waals surface area (Å²) in [5, 5.41) is 2.98. The fourth-order valence-electron chi connectivity index (χ4n) is 3.29. The molecule has 2 aromatic carbocycles. The van der Waals surface area contributed by atoms with Crippen molar-refractivity contribution in [3.8, 4) is 0 Å². The number of imidazole rings is 1. The van der Waals surface area contributed by atoms with Crippen LogP contribution in [0.15, 0.2) is 77.4 Å². The molecule has 0 radical (unpaired) electrons. The summed E-state index contributed by atoms with van der Waals surface area (Å²) in [6, 6.07) is 21.5. The lowest BCUT2D eigenvalue weighted by atomic mass is 10.1. The molecule has 27 heavy (non-hydrogen) atoms. The van der Waals surface area contributed by atoms with Crippen LogP contribution in [0.2, 0.25) is 0 Å². The minimum atomic E-state index is -0.245. The molecule has 1 unspecified atom stereocenters. The lowest BCUT2D eigenvalue weighted by Gasteiger charge is -2.16. The van der Waals surface area contributed by atoms with Crippen molar-refractivity contribution in [2.45, 2.75) is 25.9 Å². The smallest absolute Gasteiger partial charge is 0.287 e. The number of carbonyl (C=O) groups excluding carboxylic acids is 1. The zero-order valence-electron chi connectivity index (χ0n) is 15.1. The van der Waals surface area contributed by atoms with E-state index in [9.17, 15) is 4.79 Å². The standard InChI is InChI=1S/C22H21N3O2/c1-16(23-22(26)20-12-7-15-27-20)21-24-18-10-5-6-11-19(18)25(21)14-13-17-8-3-2-4-9-17/h2-12,15-16H,13-14H2,1H3,(H,23,26). The zero-order chi connectivity index (χ0) is 18.6. The number of hydrogen-bond donors (Lipinski definition) is 1. The number of furan rings is 1. The molecule has 1 amide bonds. The lowest BCUT2D eigenvalue weighted by Crippen LogP contribution is -2.28. The third-order valence-electron chi connectivity index (χ3n) is 4.63. The zero-order valence-corrected chi connectivity index (χ0v) is 15.1. The van der Waals surface area contributed by atoms with Gasteiger partial charge in [0, 0.05) is 6.54 Å². The minimum absolute atomic E-state index is 0.242. The van der Waals surface area contributed by atoms with Crippen molar-refractivity contribution in [1.82, 2.24) is 14.9 Å². The molecule has 0 saturated carbocycles. The van der Waals surface area contributed by atoms with Crippen molar-refractivity contribution in [3.05, 3.63) is 90.1 Å². The maximum Gasteiger partial charge on any atom is 0.287 e. The second-order valence-corrected chi connectivity index (χ2v) is 6.52. The van der Waals surface area contributed by atoms with Crippen molar-refractivity contribution in [3.63, 3.8) is 0 Å². The first-order chi connectivity index (χ1) is 13.2. The molecule has 136 valence electrons. The van der Waals surface area contributed by atoms with Gasteiger partial charge in [0.25, 0.3) is 5.91 Å². The molecule has 4 aromatic rings. The van der Waals surface area contributed by atoms with Crippen molar-refractivity contribution >= 4 is 16.9 Å². The van der Waals surface area contributed by atoms with Gasteiger partial charge in [-0.25, -0.2) is 4.98 Å². The van der Waals surface area contributed by atoms with E-state index in [0.29, 0.717) is 5.76 Å². The molecule has 2 heterocycles. The van der Waals surface area contributed by atoms with Crippen molar-refractivity contribution in [2.75, 3.05) is 0 Å². The van der Waals surface area contributed by atoms with Gasteiger partial charge >= 0.3 is 0 Å². The van der Waals surface area contributed by atoms with E-state index in [4.69, 9.17) is 9.40 Å². The highest BCUT2D eigenvalue weighted by molar-refractivity contribution is 5.91. The summed E-state index contributed by atoms with van der Waals surface area (Å²) < 4.78 is 7.38. The number of rotatable bonds is 6. The monoisotopic (exact) mass is 359 g/mol. The number of benzene rings is 2. The molecule has 1 N–H and O–H groups in total. The summed E-state index contributed by atoms with van der Waals surface area (Å²) in [6.45, 7) is 2.74. The fourth-order valence-corrected chi connectivity index (χ4v) is 3.29. The molecule has 0 aliphatic carbocycles. The average Bonchev–Trinajstić information content (AvgIpc) is 3.35. The molecule has 0 saturated heterocycles. The quantitative estimate of drug-likeness (QED) is 0.556. The Kier molecular flexibility index (Phi) is 4.75. The molecule has 1 atom stereocenters. The van der Waals surface area contributed by atoms with Crippen LogP contribution >= 0.6 is 0 Å². The topological polar surface area (TPSA) is 60.1 Å². The number of aromatic nitrogens is 2. The van der Waals surface area contributed by atoms with E-state index in [0.717, 1.165) is 29.8 Å². The van der Waals surface area contributed by atoms with Gasteiger partial charge in [-0.2, -0.15) is 0 Å². The first-order valence-electron chi connectivity index (χ1n) is 9.06. The van der Waals surface area contributed by atoms with E-state index in [1.165, 1.54) is 11.8 Å². The van der Waals surface area contributed by atoms with Gasteiger partial charge in [0.15, 0.2) is 5.76 Å². The molecular weight excluding hydrogens is 338 g/mol. The molecule has 0 spiro atoms. The Hall–Kier alpha value is -3.34. The van der Waals surface area contributed by atoms with E-state index >= 15 is 0 Å². The highest BCUT2D eigenvalue weighted by atomic mass is 16.3. The summed E-state index contributed by atoms with van der Waals surface area (Å²) in [5.74, 6) is 0.898. The second-order valence-electron chi connectivity index (χ2n) is 6.52. The highest BCUT2D eigenvalue weighted by Gasteiger charge is 2.20. The predicted octanol–water partition coefficient (Wildman–Crippen LogP) is 4.36. The number of fused-ring (bicyclic) bond motifs is 1. The largest absolute Gasteiger partial charge is 0.459 e. The van der Waals surface area contributed by atoms with Crippen LogP contribution in [0.25, 0.3) is 11.0 Å². The molecule has 0 aliphatic heterocycles. The third kappa shape index (κ3) is 3.62. The van der Waals surface area contributed by atoms with E-state index in [-0.39, 0.29) is 11.9 Å². The molecule has 2 aromatic heterocycles. The van der Waals surface area contributed by atoms with E-state index in [2.05, 4.69) is 40.2 Å². The van der Waals surface area contributed by atoms with E-state index in [1.807, 2.05) is 31.2 Å². The van der Waals surface area contributed by atoms with E-state index in [1.54, 1.807) is 12.1 Å². The Morgan fingerprint density at radius 1 is 1.07 bits per heavy atom. The highest BCUT2D eigenvalue weighted by Crippen LogP contribution is 2.22. The molecule has 0 aliphatic rings. The minimum Gasteiger partial charge on any atom is -0.459 e. The number of para-hydroxylation sites is 2. The van der Waals surface area contributed by atoms with Gasteiger partial charge in [-0.15, -0.1) is 0 Å². The van der Waals surface area contributed by atoms with Crippen LogP contribution in [0.1, 0.15) is 34.9 Å². The summed E-state index contributed by atoms with van der Waals surface area (Å²) in [4.78, 5) is 17.1. The summed E-state index contributed by atoms with van der Waals surface area (Å²) in [5.41, 5.74) is 3.27. The average molecular weight is 359 g/mol. The molecule has 5 heteroatoms. The van der Waals surface area contributed by atoms with E-state index < -0.39 is 0 Å². The van der Waals surface area contributed by atoms with Crippen LogP contribution in [0, 0.1) is 0 Å². The van der Waals surface area contributed by atoms with Gasteiger partial charge in [-0.05, 0) is 43.2 Å². The Labute approximate surface area is 157 Å². The van der Waals surface area contributed by atoms with Crippen molar-refractivity contribution in [1.29, 1.82) is 0 Å². The van der Waals surface area contributed by atoms with Crippen LogP contribution in [0.5, 0.6) is 0 Å². The summed E-state index contributed by atoms with van der Waals surface area (Å²) >= 11 is 0. The Balaban J connectivity index is 1.62. The first kappa shape index (κ1) is 17.1. The van der Waals surface area contributed by atoms with Crippen molar-refractivity contribution < 1.29 is 9.21 Å². The number of amides is 1. The van der Waals surface area contributed by atoms with Gasteiger partial charge in [-0.1, -0.05) is 42.5 Å². The lowest BCUT2D eigenvalue weighted by molar-refractivity contribution is 0.0909. The third-order valence-corrected chi connectivity index (χ3v) is 4.63. The number of nitrogens with zero attached hydrogens (tertiary/aromatic N) is 2. The number of hydrogen-bond acceptors (Lipinski definition) is 3. The van der Waals surface area contributed by atoms with Crippen LogP contribution in [0.3, 0.4) is 0 Å². The van der Waals surface area contributed by atoms with Crippen molar-refractivity contribution in [2.24, 2.45) is 0 Å². The van der Waals surface area contributed by atoms with Crippen LogP contribution in [0.4, 0.5) is 0 Å². The van der Waals surface area contributed by atoms with Crippen LogP contribution in [-0.4, -0.2) is 15.5 Å². The second kappa shape index (κ2) is 7.50. The Morgan fingerprint density at radius 2 is 1.85 bits per heavy atom. The Bertz CT molecular complexity index is 1040. The van der Waals surface area contributed by atoms with Gasteiger partial charge in [0.1, 0.15) is 5.82 Å². The maximum absolute atomic E-state index is 12.4. The fraction of sp³-hybridized carbons (Fsp3) is 0.182. The molecule has 0 bridgehead atoms. The summed E-state index contributed by atoms with van der Waals surface area (Å²) in [7, 11) is 0. The molecule has 5 nitrogen and oxygen atoms in total. The first-order valence-corrected chi connectivity index (χ1v) is 9.06. The van der Waals surface area contributed by atoms with Gasteiger partial charge < -0.3 is 14.3 Å². The number of aryl methyl sites for hydroxylation is 2. The molecular formula is C22H21N3O2. The van der Waals surface area contributed by atoms with Gasteiger partial charge in [-0.3, -0.25) is 4.79 Å². The van der Waals surface area contributed by atoms with Crippen LogP contribution in [-0.2, 0) is 13.0 Å². The molecule has 4 rings (SSSR count). The SMILES string of the molecule is CC(NC(=O)c1ccco1)c1nc2ccccc2n1CCc1ccccc1. The molecule has 0 fully saturated rings. The maximum atomic E-state index is 12.4. The number of carbonyl (C=O) groups is 1. The summed E-state index contributed by atoms with van der Waals surface area (Å²) in [6.07, 6.45) is 2.39. The predicted molar refractivity (Wildman–Crippen MR) is 104 cm³/mol. The normalized spacial score (nSPS) is 12.2. The van der Waals surface area contributed by atoms with Gasteiger partial charge in [0.2, 0.25) is 0 Å².